The van der Waals surface area contributed by atoms with Crippen molar-refractivity contribution in [3.8, 4) is 0 Å². The van der Waals surface area contributed by atoms with Crippen LogP contribution in [-0.4, -0.2) is 34.2 Å². The zero-order chi connectivity index (χ0) is 15.6. The number of hydrogen-bond acceptors (Lipinski definition) is 4. The molecule has 0 spiro atoms. The van der Waals surface area contributed by atoms with Gasteiger partial charge in [-0.2, -0.15) is 0 Å². The fourth-order valence-corrected chi connectivity index (χ4v) is 4.47. The third-order valence-electron chi connectivity index (χ3n) is 3.77. The molecule has 0 saturated carbocycles. The Bertz CT molecular complexity index is 619. The molecule has 0 bridgehead atoms. The summed E-state index contributed by atoms with van der Waals surface area (Å²) in [5.74, 6) is 0. The van der Waals surface area contributed by atoms with Crippen LogP contribution < -0.4 is 10.0 Å². The fraction of sp³-hybridized carbons (Fsp3) is 0.571. The lowest BCUT2D eigenvalue weighted by atomic mass is 10.1. The van der Waals surface area contributed by atoms with E-state index in [9.17, 15) is 8.42 Å². The first-order chi connectivity index (χ1) is 9.85. The van der Waals surface area contributed by atoms with Gasteiger partial charge in [0.25, 0.3) is 0 Å². The van der Waals surface area contributed by atoms with Crippen molar-refractivity contribution in [1.29, 1.82) is 0 Å². The Morgan fingerprint density at radius 2 is 2.14 bits per heavy atom. The molecule has 1 heterocycles. The molecule has 1 aliphatic heterocycles. The fourth-order valence-electron chi connectivity index (χ4n) is 2.51. The molecule has 1 saturated heterocycles. The first-order valence-electron chi connectivity index (χ1n) is 6.92. The van der Waals surface area contributed by atoms with E-state index in [4.69, 9.17) is 16.3 Å². The van der Waals surface area contributed by atoms with E-state index in [-0.39, 0.29) is 17.0 Å². The Morgan fingerprint density at radius 1 is 1.43 bits per heavy atom. The summed E-state index contributed by atoms with van der Waals surface area (Å²) in [6.07, 6.45) is 0.569. The molecule has 5 nitrogen and oxygen atoms in total. The van der Waals surface area contributed by atoms with Gasteiger partial charge in [0.2, 0.25) is 10.0 Å². The molecular weight excluding hydrogens is 312 g/mol. The number of ether oxygens (including phenoxy) is 1. The number of hydrogen-bond donors (Lipinski definition) is 2. The second kappa shape index (κ2) is 6.62. The minimum absolute atomic E-state index is 0.115. The van der Waals surface area contributed by atoms with E-state index in [1.807, 2.05) is 14.0 Å². The summed E-state index contributed by atoms with van der Waals surface area (Å²) in [5.41, 5.74) is 1.59. The van der Waals surface area contributed by atoms with Crippen LogP contribution in [0.4, 0.5) is 0 Å². The van der Waals surface area contributed by atoms with E-state index in [1.165, 1.54) is 6.07 Å². The summed E-state index contributed by atoms with van der Waals surface area (Å²) in [4.78, 5) is 0.236. The van der Waals surface area contributed by atoms with Crippen molar-refractivity contribution in [1.82, 2.24) is 10.0 Å². The van der Waals surface area contributed by atoms with Gasteiger partial charge in [0.1, 0.15) is 0 Å². The zero-order valence-corrected chi connectivity index (χ0v) is 14.0. The summed E-state index contributed by atoms with van der Waals surface area (Å²) in [6.45, 7) is 4.81. The lowest BCUT2D eigenvalue weighted by Crippen LogP contribution is -2.39. The molecule has 2 N–H and O–H groups in total. The van der Waals surface area contributed by atoms with Crippen molar-refractivity contribution in [2.45, 2.75) is 43.9 Å². The molecule has 21 heavy (non-hydrogen) atoms. The van der Waals surface area contributed by atoms with Crippen LogP contribution in [0, 0.1) is 6.92 Å². The second-order valence-corrected chi connectivity index (χ2v) is 7.43. The van der Waals surface area contributed by atoms with Crippen molar-refractivity contribution in [3.63, 3.8) is 0 Å². The van der Waals surface area contributed by atoms with Crippen molar-refractivity contribution in [2.24, 2.45) is 0 Å². The van der Waals surface area contributed by atoms with Gasteiger partial charge >= 0.3 is 0 Å². The Labute approximate surface area is 131 Å². The van der Waals surface area contributed by atoms with Crippen molar-refractivity contribution in [3.05, 3.63) is 28.3 Å². The number of benzene rings is 1. The van der Waals surface area contributed by atoms with Gasteiger partial charge in [-0.05, 0) is 50.6 Å². The smallest absolute Gasteiger partial charge is 0.241 e. The van der Waals surface area contributed by atoms with Crippen LogP contribution in [0.25, 0.3) is 0 Å². The van der Waals surface area contributed by atoms with E-state index in [0.717, 1.165) is 5.56 Å². The van der Waals surface area contributed by atoms with Gasteiger partial charge in [0, 0.05) is 18.2 Å². The summed E-state index contributed by atoms with van der Waals surface area (Å²) < 4.78 is 33.4. The SMILES string of the molecule is CNCc1cc(Cl)cc(S(=O)(=O)NC2CCOC2C)c1C. The molecule has 2 unspecified atom stereocenters. The lowest BCUT2D eigenvalue weighted by Gasteiger charge is -2.18. The predicted octanol–water partition coefficient (Wildman–Crippen LogP) is 1.82. The molecule has 0 radical (unpaired) electrons. The third kappa shape index (κ3) is 3.76. The first kappa shape index (κ1) is 16.7. The van der Waals surface area contributed by atoms with E-state index in [2.05, 4.69) is 10.0 Å². The molecule has 7 heteroatoms. The van der Waals surface area contributed by atoms with Gasteiger partial charge in [-0.15, -0.1) is 0 Å². The predicted molar refractivity (Wildman–Crippen MR) is 83.1 cm³/mol. The number of halogens is 1. The number of nitrogens with one attached hydrogen (secondary N) is 2. The van der Waals surface area contributed by atoms with E-state index in [1.54, 1.807) is 13.0 Å². The molecule has 0 aliphatic carbocycles. The summed E-state index contributed by atoms with van der Waals surface area (Å²) in [6, 6.07) is 3.09. The normalized spacial score (nSPS) is 22.7. The highest BCUT2D eigenvalue weighted by molar-refractivity contribution is 7.89. The average molecular weight is 333 g/mol. The van der Waals surface area contributed by atoms with Crippen LogP contribution in [0.2, 0.25) is 5.02 Å². The van der Waals surface area contributed by atoms with E-state index in [0.29, 0.717) is 30.2 Å². The van der Waals surface area contributed by atoms with Gasteiger partial charge < -0.3 is 10.1 Å². The molecule has 1 aliphatic rings. The van der Waals surface area contributed by atoms with Crippen LogP contribution in [0.1, 0.15) is 24.5 Å². The average Bonchev–Trinajstić information content (AvgIpc) is 2.78. The highest BCUT2D eigenvalue weighted by Gasteiger charge is 2.30. The third-order valence-corrected chi connectivity index (χ3v) is 5.61. The second-order valence-electron chi connectivity index (χ2n) is 5.31. The molecule has 0 amide bonds. The molecule has 1 aromatic rings. The lowest BCUT2D eigenvalue weighted by molar-refractivity contribution is 0.117. The highest BCUT2D eigenvalue weighted by atomic mass is 35.5. The van der Waals surface area contributed by atoms with Crippen molar-refractivity contribution < 1.29 is 13.2 Å². The first-order valence-corrected chi connectivity index (χ1v) is 8.79. The highest BCUT2D eigenvalue weighted by Crippen LogP contribution is 2.25. The largest absolute Gasteiger partial charge is 0.377 e. The van der Waals surface area contributed by atoms with E-state index >= 15 is 0 Å². The molecule has 2 atom stereocenters. The van der Waals surface area contributed by atoms with Crippen LogP contribution in [-0.2, 0) is 21.3 Å². The Morgan fingerprint density at radius 3 is 2.71 bits per heavy atom. The molecule has 1 aromatic carbocycles. The maximum Gasteiger partial charge on any atom is 0.241 e. The van der Waals surface area contributed by atoms with Crippen molar-refractivity contribution in [2.75, 3.05) is 13.7 Å². The molecule has 2 rings (SSSR count). The van der Waals surface area contributed by atoms with E-state index < -0.39 is 10.0 Å². The van der Waals surface area contributed by atoms with Gasteiger partial charge in [0.05, 0.1) is 17.0 Å². The number of sulfonamides is 1. The van der Waals surface area contributed by atoms with Crippen LogP contribution in [0.5, 0.6) is 0 Å². The summed E-state index contributed by atoms with van der Waals surface area (Å²) in [5, 5.41) is 3.44. The monoisotopic (exact) mass is 332 g/mol. The Kier molecular flexibility index (Phi) is 5.27. The number of rotatable bonds is 5. The maximum atomic E-state index is 12.6. The van der Waals surface area contributed by atoms with Crippen molar-refractivity contribution >= 4 is 21.6 Å². The molecule has 0 aromatic heterocycles. The zero-order valence-electron chi connectivity index (χ0n) is 12.4. The van der Waals surface area contributed by atoms with Crippen LogP contribution >= 0.6 is 11.6 Å². The minimum atomic E-state index is -3.61. The standard InChI is InChI=1S/C14H21ClN2O3S/c1-9-11(8-16-3)6-12(15)7-14(9)21(18,19)17-13-4-5-20-10(13)2/h6-7,10,13,16-17H,4-5,8H2,1-3H3. The van der Waals surface area contributed by atoms with Gasteiger partial charge in [0.15, 0.2) is 0 Å². The van der Waals surface area contributed by atoms with Gasteiger partial charge in [-0.3, -0.25) is 0 Å². The molecular formula is C14H21ClN2O3S. The van der Waals surface area contributed by atoms with Gasteiger partial charge in [-0.1, -0.05) is 11.6 Å². The summed E-state index contributed by atoms with van der Waals surface area (Å²) >= 11 is 6.06. The van der Waals surface area contributed by atoms with Crippen LogP contribution in [0.15, 0.2) is 17.0 Å². The molecule has 118 valence electrons. The van der Waals surface area contributed by atoms with Gasteiger partial charge in [-0.25, -0.2) is 13.1 Å². The maximum absolute atomic E-state index is 12.6. The molecule has 1 fully saturated rings. The van der Waals surface area contributed by atoms with Crippen LogP contribution in [0.3, 0.4) is 0 Å². The minimum Gasteiger partial charge on any atom is -0.377 e. The quantitative estimate of drug-likeness (QED) is 0.863. The summed E-state index contributed by atoms with van der Waals surface area (Å²) in [7, 11) is -1.80. The Hall–Kier alpha value is -0.660. The topological polar surface area (TPSA) is 67.4 Å². The Balaban J connectivity index is 2.35.